The number of hydrogen-bond donors (Lipinski definition) is 1. The molecule has 0 bridgehead atoms. The third-order valence-corrected chi connectivity index (χ3v) is 5.63. The lowest BCUT2D eigenvalue weighted by atomic mass is 10.1. The minimum Gasteiger partial charge on any atom is -0.359 e. The van der Waals surface area contributed by atoms with Crippen LogP contribution >= 0.6 is 11.6 Å². The van der Waals surface area contributed by atoms with E-state index in [2.05, 4.69) is 9.97 Å². The van der Waals surface area contributed by atoms with E-state index in [0.717, 1.165) is 5.56 Å². The van der Waals surface area contributed by atoms with Crippen molar-refractivity contribution in [3.8, 4) is 0 Å². The summed E-state index contributed by atoms with van der Waals surface area (Å²) in [5.41, 5.74) is 2.73. The van der Waals surface area contributed by atoms with Gasteiger partial charge in [0.1, 0.15) is 10.7 Å². The molecule has 154 valence electrons. The monoisotopic (exact) mass is 424 g/mol. The number of piperazine rings is 1. The van der Waals surface area contributed by atoms with E-state index in [9.17, 15) is 14.4 Å². The Labute approximate surface area is 178 Å². The van der Waals surface area contributed by atoms with Crippen LogP contribution in [0.2, 0.25) is 5.15 Å². The van der Waals surface area contributed by atoms with Crippen LogP contribution in [0.15, 0.2) is 42.6 Å². The van der Waals surface area contributed by atoms with Gasteiger partial charge in [0.15, 0.2) is 0 Å². The first-order valence-corrected chi connectivity index (χ1v) is 10.1. The fourth-order valence-electron chi connectivity index (χ4n) is 3.84. The van der Waals surface area contributed by atoms with E-state index in [1.807, 2.05) is 32.0 Å². The molecule has 1 aliphatic heterocycles. The summed E-state index contributed by atoms with van der Waals surface area (Å²) in [6, 6.07) is 10.5. The van der Waals surface area contributed by atoms with Crippen molar-refractivity contribution in [3.05, 3.63) is 64.4 Å². The summed E-state index contributed by atoms with van der Waals surface area (Å²) < 4.78 is 0. The van der Waals surface area contributed by atoms with Gasteiger partial charge in [-0.25, -0.2) is 4.98 Å². The molecule has 2 amide bonds. The summed E-state index contributed by atoms with van der Waals surface area (Å²) in [6.07, 6.45) is 1.50. The zero-order valence-corrected chi connectivity index (χ0v) is 17.4. The Morgan fingerprint density at radius 2 is 1.90 bits per heavy atom. The summed E-state index contributed by atoms with van der Waals surface area (Å²) in [6.45, 7) is 4.68. The molecule has 7 nitrogen and oxygen atoms in total. The fourth-order valence-corrected chi connectivity index (χ4v) is 4.09. The third kappa shape index (κ3) is 3.57. The third-order valence-electron chi connectivity index (χ3n) is 5.44. The van der Waals surface area contributed by atoms with Crippen LogP contribution in [0.3, 0.4) is 0 Å². The van der Waals surface area contributed by atoms with Crippen molar-refractivity contribution in [1.82, 2.24) is 19.8 Å². The van der Waals surface area contributed by atoms with Gasteiger partial charge in [0, 0.05) is 37.4 Å². The number of nitrogens with zero attached hydrogens (tertiary/aromatic N) is 3. The minimum atomic E-state index is -0.634. The number of nitrogens with one attached hydrogen (secondary N) is 1. The molecule has 8 heteroatoms. The Kier molecular flexibility index (Phi) is 5.30. The molecule has 1 aliphatic rings. The number of H-pyrrole nitrogens is 1. The highest BCUT2D eigenvalue weighted by Crippen LogP contribution is 2.24. The lowest BCUT2D eigenvalue weighted by Gasteiger charge is -2.39. The van der Waals surface area contributed by atoms with Crippen LogP contribution in [-0.2, 0) is 4.79 Å². The van der Waals surface area contributed by atoms with Crippen LogP contribution in [0.1, 0.15) is 33.2 Å². The van der Waals surface area contributed by atoms with Gasteiger partial charge in [-0.05, 0) is 37.6 Å². The van der Waals surface area contributed by atoms with Crippen molar-refractivity contribution in [2.75, 3.05) is 19.6 Å². The number of fused-ring (bicyclic) bond motifs is 1. The lowest BCUT2D eigenvalue weighted by molar-refractivity contribution is -0.128. The molecule has 1 aromatic carbocycles. The Morgan fingerprint density at radius 1 is 1.17 bits per heavy atom. The molecule has 1 saturated heterocycles. The molecular formula is C22H21ClN4O3. The number of amides is 2. The smallest absolute Gasteiger partial charge is 0.295 e. The van der Waals surface area contributed by atoms with Gasteiger partial charge in [0.25, 0.3) is 17.6 Å². The van der Waals surface area contributed by atoms with E-state index >= 15 is 0 Å². The van der Waals surface area contributed by atoms with Gasteiger partial charge < -0.3 is 14.8 Å². The topological polar surface area (TPSA) is 86.4 Å². The maximum absolute atomic E-state index is 12.9. The fraction of sp³-hybridized carbons (Fsp3) is 0.273. The number of hydrogen-bond acceptors (Lipinski definition) is 4. The number of aromatic nitrogens is 2. The Hall–Kier alpha value is -3.19. The van der Waals surface area contributed by atoms with Crippen molar-refractivity contribution in [3.63, 3.8) is 0 Å². The van der Waals surface area contributed by atoms with Gasteiger partial charge in [0.2, 0.25) is 0 Å². The summed E-state index contributed by atoms with van der Waals surface area (Å²) >= 11 is 6.03. The summed E-state index contributed by atoms with van der Waals surface area (Å²) in [7, 11) is 0. The summed E-state index contributed by atoms with van der Waals surface area (Å²) in [5, 5.41) is 0.266. The number of halogens is 1. The molecule has 30 heavy (non-hydrogen) atoms. The molecule has 0 radical (unpaired) electrons. The highest BCUT2D eigenvalue weighted by Gasteiger charge is 2.34. The molecule has 1 N–H and O–H groups in total. The second-order valence-corrected chi connectivity index (χ2v) is 7.87. The van der Waals surface area contributed by atoms with Gasteiger partial charge in [0.05, 0.1) is 11.1 Å². The van der Waals surface area contributed by atoms with Crippen LogP contribution in [-0.4, -0.2) is 63.0 Å². The lowest BCUT2D eigenvalue weighted by Crippen LogP contribution is -2.56. The van der Waals surface area contributed by atoms with Crippen LogP contribution in [0, 0.1) is 6.92 Å². The minimum absolute atomic E-state index is 0.0764. The Bertz CT molecular complexity index is 1140. The van der Waals surface area contributed by atoms with Crippen LogP contribution < -0.4 is 0 Å². The number of carbonyl (C=O) groups excluding carboxylic acids is 3. The average molecular weight is 425 g/mol. The quantitative estimate of drug-likeness (QED) is 0.397. The molecule has 3 heterocycles. The second kappa shape index (κ2) is 7.91. The number of aromatic amines is 1. The van der Waals surface area contributed by atoms with Crippen molar-refractivity contribution in [2.24, 2.45) is 0 Å². The van der Waals surface area contributed by atoms with E-state index in [-0.39, 0.29) is 22.7 Å². The number of carbonyl (C=O) groups is 3. The average Bonchev–Trinajstić information content (AvgIpc) is 3.17. The zero-order chi connectivity index (χ0) is 21.4. The molecule has 0 saturated carbocycles. The van der Waals surface area contributed by atoms with E-state index in [1.165, 1.54) is 11.1 Å². The largest absolute Gasteiger partial charge is 0.359 e. The van der Waals surface area contributed by atoms with Crippen molar-refractivity contribution < 1.29 is 14.4 Å². The number of benzene rings is 1. The normalized spacial score (nSPS) is 16.7. The van der Waals surface area contributed by atoms with Crippen LogP contribution in [0.5, 0.6) is 0 Å². The van der Waals surface area contributed by atoms with Gasteiger partial charge in [-0.2, -0.15) is 0 Å². The van der Waals surface area contributed by atoms with Crippen LogP contribution in [0.4, 0.5) is 0 Å². The van der Waals surface area contributed by atoms with E-state index in [4.69, 9.17) is 11.6 Å². The Balaban J connectivity index is 1.50. The molecule has 0 aliphatic carbocycles. The van der Waals surface area contributed by atoms with E-state index in [0.29, 0.717) is 36.2 Å². The summed E-state index contributed by atoms with van der Waals surface area (Å²) in [5.74, 6) is -1.31. The van der Waals surface area contributed by atoms with Crippen molar-refractivity contribution in [2.45, 2.75) is 19.9 Å². The van der Waals surface area contributed by atoms with Crippen LogP contribution in [0.25, 0.3) is 11.0 Å². The number of rotatable bonds is 3. The van der Waals surface area contributed by atoms with Gasteiger partial charge in [-0.1, -0.05) is 29.8 Å². The van der Waals surface area contributed by atoms with Gasteiger partial charge >= 0.3 is 0 Å². The number of Topliss-reactive ketones (excluding diaryl/α,β-unsaturated/α-hetero) is 1. The maximum atomic E-state index is 12.9. The predicted octanol–water partition coefficient (Wildman–Crippen LogP) is 3.08. The first-order valence-electron chi connectivity index (χ1n) is 9.70. The number of ketones is 1. The highest BCUT2D eigenvalue weighted by atomic mass is 35.5. The van der Waals surface area contributed by atoms with Gasteiger partial charge in [-0.15, -0.1) is 0 Å². The summed E-state index contributed by atoms with van der Waals surface area (Å²) in [4.78, 5) is 49.0. The predicted molar refractivity (Wildman–Crippen MR) is 114 cm³/mol. The second-order valence-electron chi connectivity index (χ2n) is 7.48. The SMILES string of the molecule is Cc1cc(Cl)nc2c(C(=O)C(=O)N3CCN(C(=O)c4ccccc4)[C@H](C)C3)c[nH]c12. The molecule has 2 aromatic heterocycles. The molecule has 1 fully saturated rings. The maximum Gasteiger partial charge on any atom is 0.295 e. The van der Waals surface area contributed by atoms with Crippen molar-refractivity contribution in [1.29, 1.82) is 0 Å². The molecule has 0 spiro atoms. The number of pyridine rings is 1. The van der Waals surface area contributed by atoms with Gasteiger partial charge in [-0.3, -0.25) is 14.4 Å². The molecule has 1 atom stereocenters. The Morgan fingerprint density at radius 3 is 2.60 bits per heavy atom. The van der Waals surface area contributed by atoms with Crippen molar-refractivity contribution >= 4 is 40.2 Å². The van der Waals surface area contributed by atoms with E-state index in [1.54, 1.807) is 23.1 Å². The zero-order valence-electron chi connectivity index (χ0n) is 16.7. The highest BCUT2D eigenvalue weighted by molar-refractivity contribution is 6.44. The number of aryl methyl sites for hydroxylation is 1. The molecule has 0 unspecified atom stereocenters. The molecule has 3 aromatic rings. The first-order chi connectivity index (χ1) is 14.4. The van der Waals surface area contributed by atoms with E-state index < -0.39 is 11.7 Å². The molecular weight excluding hydrogens is 404 g/mol. The molecule has 4 rings (SSSR count). The first kappa shape index (κ1) is 20.1. The standard InChI is InChI=1S/C22H21ClN4O3/c1-13-10-17(23)25-19-16(11-24-18(13)19)20(28)22(30)26-8-9-27(14(2)12-26)21(29)15-6-4-3-5-7-15/h3-7,10-11,14,24H,8-9,12H2,1-2H3/t14-/m1/s1.